The molecule has 14 heteroatoms. The van der Waals surface area contributed by atoms with E-state index in [2.05, 4.69) is 61.8 Å². The van der Waals surface area contributed by atoms with Crippen LogP contribution in [0.1, 0.15) is 80.9 Å². The molecular formula is C38H47N9O5. The second kappa shape index (κ2) is 14.8. The molecule has 6 rings (SSSR count). The number of fused-ring (bicyclic) bond motifs is 2. The minimum atomic E-state index is -1.50. The van der Waals surface area contributed by atoms with Crippen molar-refractivity contribution in [3.8, 4) is 5.75 Å². The maximum absolute atomic E-state index is 13.6. The van der Waals surface area contributed by atoms with Gasteiger partial charge in [-0.05, 0) is 35.3 Å². The van der Waals surface area contributed by atoms with Gasteiger partial charge in [-0.1, -0.05) is 65.8 Å². The van der Waals surface area contributed by atoms with Crippen molar-refractivity contribution in [2.24, 2.45) is 5.41 Å². The van der Waals surface area contributed by atoms with Crippen LogP contribution < -0.4 is 20.7 Å². The molecule has 1 aliphatic heterocycles. The maximum atomic E-state index is 13.6. The van der Waals surface area contributed by atoms with Crippen molar-refractivity contribution in [1.82, 2.24) is 40.1 Å². The molecule has 0 radical (unpaired) electrons. The summed E-state index contributed by atoms with van der Waals surface area (Å²) in [6, 6.07) is 12.0. The van der Waals surface area contributed by atoms with Crippen molar-refractivity contribution in [1.29, 1.82) is 0 Å². The second-order valence-electron chi connectivity index (χ2n) is 15.4. The van der Waals surface area contributed by atoms with E-state index < -0.39 is 29.0 Å². The molecular weight excluding hydrogens is 662 g/mol. The number of hydrogen-bond acceptors (Lipinski definition) is 10. The third-order valence-corrected chi connectivity index (χ3v) is 8.91. The SMILES string of the molecule is CC(C)(C)Cc1nnc2ccc(O[C@@H]3C=C[C@](C=O)(NC(=O)Nc4cc(C(C)(C)C)nc(C(=O)NCCN5CCOCC5)n4)c4ccccc43)cn12. The number of hydrogen-bond donors (Lipinski definition) is 3. The Kier molecular flexibility index (Phi) is 10.4. The molecule has 0 unspecified atom stereocenters. The van der Waals surface area contributed by atoms with Gasteiger partial charge in [0.2, 0.25) is 5.82 Å². The van der Waals surface area contributed by atoms with Crippen LogP contribution in [0, 0.1) is 5.41 Å². The third-order valence-electron chi connectivity index (χ3n) is 8.91. The number of nitrogens with zero attached hydrogens (tertiary/aromatic N) is 6. The summed E-state index contributed by atoms with van der Waals surface area (Å²) >= 11 is 0. The summed E-state index contributed by atoms with van der Waals surface area (Å²) in [7, 11) is 0. The topological polar surface area (TPSA) is 165 Å². The first kappa shape index (κ1) is 36.6. The molecule has 0 bridgehead atoms. The van der Waals surface area contributed by atoms with Crippen LogP contribution in [0.25, 0.3) is 5.65 Å². The van der Waals surface area contributed by atoms with Crippen molar-refractivity contribution in [2.45, 2.75) is 65.0 Å². The van der Waals surface area contributed by atoms with Crippen LogP contribution >= 0.6 is 0 Å². The fraction of sp³-hybridized carbons (Fsp3) is 0.447. The van der Waals surface area contributed by atoms with Crippen molar-refractivity contribution in [3.05, 3.63) is 89.3 Å². The van der Waals surface area contributed by atoms with Crippen molar-refractivity contribution >= 4 is 29.7 Å². The number of ether oxygens (including phenoxy) is 2. The lowest BCUT2D eigenvalue weighted by Crippen LogP contribution is -2.49. The molecule has 3 aromatic heterocycles. The van der Waals surface area contributed by atoms with E-state index in [1.807, 2.05) is 55.6 Å². The van der Waals surface area contributed by atoms with Gasteiger partial charge >= 0.3 is 6.03 Å². The van der Waals surface area contributed by atoms with Gasteiger partial charge in [0.05, 0.1) is 25.1 Å². The number of pyridine rings is 1. The van der Waals surface area contributed by atoms with Gasteiger partial charge in [-0.25, -0.2) is 14.8 Å². The number of morpholine rings is 1. The molecule has 4 heterocycles. The molecule has 274 valence electrons. The molecule has 2 aliphatic rings. The lowest BCUT2D eigenvalue weighted by molar-refractivity contribution is -0.111. The number of carbonyl (C=O) groups is 3. The van der Waals surface area contributed by atoms with Crippen LogP contribution in [0.15, 0.2) is 60.8 Å². The lowest BCUT2D eigenvalue weighted by atomic mass is 9.81. The largest absolute Gasteiger partial charge is 0.480 e. The number of rotatable bonds is 10. The van der Waals surface area contributed by atoms with E-state index in [-0.39, 0.29) is 17.1 Å². The first-order chi connectivity index (χ1) is 24.7. The zero-order valence-electron chi connectivity index (χ0n) is 30.6. The number of urea groups is 1. The van der Waals surface area contributed by atoms with Crippen LogP contribution in [-0.2, 0) is 26.9 Å². The van der Waals surface area contributed by atoms with Crippen LogP contribution in [0.2, 0.25) is 0 Å². The Labute approximate surface area is 303 Å². The molecule has 4 aromatic rings. The Balaban J connectivity index is 1.19. The molecule has 0 saturated carbocycles. The molecule has 3 N–H and O–H groups in total. The highest BCUT2D eigenvalue weighted by atomic mass is 16.5. The summed E-state index contributed by atoms with van der Waals surface area (Å²) in [5, 5.41) is 17.1. The number of benzene rings is 1. The van der Waals surface area contributed by atoms with E-state index in [4.69, 9.17) is 9.47 Å². The summed E-state index contributed by atoms with van der Waals surface area (Å²) < 4.78 is 13.8. The predicted octanol–water partition coefficient (Wildman–Crippen LogP) is 4.37. The number of carbonyl (C=O) groups excluding carboxylic acids is 3. The fourth-order valence-electron chi connectivity index (χ4n) is 6.19. The van der Waals surface area contributed by atoms with Crippen LogP contribution in [-0.4, -0.2) is 87.1 Å². The maximum Gasteiger partial charge on any atom is 0.321 e. The van der Waals surface area contributed by atoms with Gasteiger partial charge in [0.15, 0.2) is 11.9 Å². The van der Waals surface area contributed by atoms with Gasteiger partial charge in [-0.2, -0.15) is 0 Å². The Hall–Kier alpha value is -5.21. The average molecular weight is 710 g/mol. The van der Waals surface area contributed by atoms with Crippen LogP contribution in [0.5, 0.6) is 5.75 Å². The molecule has 0 spiro atoms. The van der Waals surface area contributed by atoms with Crippen molar-refractivity contribution in [3.63, 3.8) is 0 Å². The number of amides is 3. The van der Waals surface area contributed by atoms with Crippen molar-refractivity contribution in [2.75, 3.05) is 44.7 Å². The standard InChI is InChI=1S/C38H47N9O5/c1-36(2,3)22-32-45-44-31-12-11-25(23-47(31)32)52-28-13-14-38(24-48,27-10-8-7-9-26(27)28)43-35(50)42-30-21-29(37(4,5)6)40-33(41-30)34(49)39-15-16-46-17-19-51-20-18-46/h7-14,21,23-24,28H,15-20,22H2,1-6H3,(H,39,49)(H2,40,41,42,43,50)/t28-,38-/m1/s1. The van der Waals surface area contributed by atoms with Crippen molar-refractivity contribution < 1.29 is 23.9 Å². The van der Waals surface area contributed by atoms with Gasteiger partial charge in [-0.3, -0.25) is 24.2 Å². The molecule has 1 aromatic carbocycles. The summed E-state index contributed by atoms with van der Waals surface area (Å²) in [6.45, 7) is 16.4. The molecule has 1 fully saturated rings. The molecule has 1 saturated heterocycles. The number of aromatic nitrogens is 5. The minimum absolute atomic E-state index is 0.0186. The van der Waals surface area contributed by atoms with Gasteiger partial charge in [0.1, 0.15) is 29.0 Å². The van der Waals surface area contributed by atoms with Crippen LogP contribution in [0.4, 0.5) is 10.6 Å². The molecule has 3 amide bonds. The Morgan fingerprint density at radius 1 is 1.04 bits per heavy atom. The smallest absolute Gasteiger partial charge is 0.321 e. The monoisotopic (exact) mass is 709 g/mol. The quantitative estimate of drug-likeness (QED) is 0.159. The third kappa shape index (κ3) is 8.45. The van der Waals surface area contributed by atoms with E-state index in [0.29, 0.717) is 55.2 Å². The van der Waals surface area contributed by atoms with E-state index >= 15 is 0 Å². The van der Waals surface area contributed by atoms with E-state index in [9.17, 15) is 14.4 Å². The number of anilines is 1. The van der Waals surface area contributed by atoms with E-state index in [1.54, 1.807) is 30.4 Å². The normalized spacial score (nSPS) is 19.2. The Morgan fingerprint density at radius 3 is 2.54 bits per heavy atom. The summed E-state index contributed by atoms with van der Waals surface area (Å²) in [5.74, 6) is 1.04. The lowest BCUT2D eigenvalue weighted by Gasteiger charge is -2.34. The molecule has 52 heavy (non-hydrogen) atoms. The summed E-state index contributed by atoms with van der Waals surface area (Å²) in [6.07, 6.45) is 6.12. The zero-order chi connectivity index (χ0) is 37.1. The highest BCUT2D eigenvalue weighted by Gasteiger charge is 2.38. The second-order valence-corrected chi connectivity index (χ2v) is 15.4. The Morgan fingerprint density at radius 2 is 1.81 bits per heavy atom. The van der Waals surface area contributed by atoms with Crippen LogP contribution in [0.3, 0.4) is 0 Å². The summed E-state index contributed by atoms with van der Waals surface area (Å²) in [5.41, 5.74) is 0.628. The minimum Gasteiger partial charge on any atom is -0.480 e. The molecule has 14 nitrogen and oxygen atoms in total. The predicted molar refractivity (Wildman–Crippen MR) is 195 cm³/mol. The Bertz CT molecular complexity index is 1970. The van der Waals surface area contributed by atoms with E-state index in [1.165, 1.54) is 0 Å². The zero-order valence-corrected chi connectivity index (χ0v) is 30.6. The van der Waals surface area contributed by atoms with Gasteiger partial charge < -0.3 is 20.1 Å². The van der Waals surface area contributed by atoms with E-state index in [0.717, 1.165) is 31.0 Å². The summed E-state index contributed by atoms with van der Waals surface area (Å²) in [4.78, 5) is 50.7. The molecule has 1 aliphatic carbocycles. The van der Waals surface area contributed by atoms with Gasteiger partial charge in [0, 0.05) is 49.6 Å². The first-order valence-corrected chi connectivity index (χ1v) is 17.6. The fourth-order valence-corrected chi connectivity index (χ4v) is 6.19. The van der Waals surface area contributed by atoms with Gasteiger partial charge in [0.25, 0.3) is 5.91 Å². The molecule has 2 atom stereocenters. The first-order valence-electron chi connectivity index (χ1n) is 17.6. The highest BCUT2D eigenvalue weighted by Crippen LogP contribution is 2.37. The average Bonchev–Trinajstić information content (AvgIpc) is 3.49. The number of aldehydes is 1. The highest BCUT2D eigenvalue weighted by molar-refractivity contribution is 5.94. The number of nitrogens with one attached hydrogen (secondary N) is 3. The van der Waals surface area contributed by atoms with Gasteiger partial charge in [-0.15, -0.1) is 10.2 Å².